The van der Waals surface area contributed by atoms with Crippen LogP contribution in [-0.2, 0) is 25.5 Å². The fraction of sp³-hybridized carbons (Fsp3) is 0.512. The number of esters is 2. The van der Waals surface area contributed by atoms with Gasteiger partial charge in [-0.1, -0.05) is 84.4 Å². The van der Waals surface area contributed by atoms with Crippen LogP contribution in [0.5, 0.6) is 11.5 Å². The Morgan fingerprint density at radius 1 is 0.673 bits per heavy atom. The number of hydrogen-bond donors (Lipinski definition) is 0. The number of nitrogens with zero attached hydrogens (tertiary/aromatic N) is 1. The molecule has 0 aliphatic heterocycles. The molecule has 52 heavy (non-hydrogen) atoms. The molecular formula is C43H59F2NO6. The van der Waals surface area contributed by atoms with Crippen LogP contribution in [0.2, 0.25) is 0 Å². The van der Waals surface area contributed by atoms with Crippen LogP contribution < -0.4 is 9.47 Å². The maximum atomic E-state index is 13.5. The Balaban J connectivity index is 0.000000391. The van der Waals surface area contributed by atoms with E-state index in [4.69, 9.17) is 16.0 Å². The van der Waals surface area contributed by atoms with Gasteiger partial charge in [-0.3, -0.25) is 9.59 Å². The van der Waals surface area contributed by atoms with Crippen LogP contribution in [0.15, 0.2) is 60.7 Å². The second-order valence-corrected chi connectivity index (χ2v) is 13.5. The van der Waals surface area contributed by atoms with Crippen molar-refractivity contribution in [3.8, 4) is 11.5 Å². The zero-order valence-electron chi connectivity index (χ0n) is 32.6. The molecule has 0 aliphatic carbocycles. The van der Waals surface area contributed by atoms with E-state index in [0.29, 0.717) is 37.2 Å². The van der Waals surface area contributed by atoms with Crippen LogP contribution >= 0.6 is 0 Å². The van der Waals surface area contributed by atoms with Gasteiger partial charge < -0.3 is 23.8 Å². The largest absolute Gasteiger partial charge is 0.490 e. The molecule has 0 fully saturated rings. The molecule has 0 bridgehead atoms. The normalized spacial score (nSPS) is 11.1. The number of methoxy groups -OCH3 is 2. The van der Waals surface area contributed by atoms with Gasteiger partial charge in [0, 0.05) is 12.8 Å². The standard InChI is InChI=1S/C16H24O2.C14H19FO3.C13H16FNO/c1-13(2)15-10-7-9-14(12-15)8-5-4-6-11-16(17)18-3;1-10(2)11-6-7-12(15)13(9-11)18-8-4-5-14(16)17-3;1-9(2)11-5-6-12(14)13(7-11)16-10(3)8-15-4/h7,9-10,12-13H,4-6,8,11H2,1-3H3;6-7,9-10H,4-5,8H2,1-3H3;5-7,9-10H,8H2,1-3H3. The van der Waals surface area contributed by atoms with Gasteiger partial charge in [-0.15, -0.1) is 0 Å². The minimum atomic E-state index is -0.377. The molecule has 3 aromatic rings. The Bertz CT molecular complexity index is 1530. The Kier molecular flexibility index (Phi) is 22.3. The highest BCUT2D eigenvalue weighted by Crippen LogP contribution is 2.25. The Morgan fingerprint density at radius 3 is 1.73 bits per heavy atom. The lowest BCUT2D eigenvalue weighted by Gasteiger charge is -2.13. The van der Waals surface area contributed by atoms with E-state index in [2.05, 4.69) is 52.4 Å². The third-order valence-corrected chi connectivity index (χ3v) is 8.12. The van der Waals surface area contributed by atoms with E-state index in [-0.39, 0.29) is 54.1 Å². The molecule has 0 aliphatic rings. The summed E-state index contributed by atoms with van der Waals surface area (Å²) in [6.07, 6.45) is 5.30. The topological polar surface area (TPSA) is 75.4 Å². The van der Waals surface area contributed by atoms with E-state index in [1.807, 2.05) is 27.7 Å². The number of hydrogen-bond acceptors (Lipinski definition) is 6. The number of carbonyl (C=O) groups is 2. The van der Waals surface area contributed by atoms with E-state index in [9.17, 15) is 18.4 Å². The predicted molar refractivity (Wildman–Crippen MR) is 204 cm³/mol. The summed E-state index contributed by atoms with van der Waals surface area (Å²) in [5, 5.41) is 0. The number of benzene rings is 3. The zero-order chi connectivity index (χ0) is 39.1. The Hall–Kier alpha value is -4.45. The molecule has 286 valence electrons. The van der Waals surface area contributed by atoms with Crippen molar-refractivity contribution in [2.24, 2.45) is 0 Å². The maximum Gasteiger partial charge on any atom is 0.305 e. The molecule has 0 saturated carbocycles. The average Bonchev–Trinajstić information content (AvgIpc) is 3.11. The van der Waals surface area contributed by atoms with E-state index < -0.39 is 0 Å². The van der Waals surface area contributed by atoms with Crippen molar-refractivity contribution < 1.29 is 37.3 Å². The van der Waals surface area contributed by atoms with Crippen LogP contribution in [0.3, 0.4) is 0 Å². The molecule has 0 spiro atoms. The highest BCUT2D eigenvalue weighted by Gasteiger charge is 2.12. The van der Waals surface area contributed by atoms with E-state index in [1.165, 1.54) is 37.5 Å². The van der Waals surface area contributed by atoms with Gasteiger partial charge >= 0.3 is 11.9 Å². The van der Waals surface area contributed by atoms with Gasteiger partial charge in [-0.2, -0.15) is 0 Å². The molecule has 7 nitrogen and oxygen atoms in total. The van der Waals surface area contributed by atoms with Gasteiger partial charge in [0.1, 0.15) is 0 Å². The number of ether oxygens (including phenoxy) is 4. The van der Waals surface area contributed by atoms with Crippen molar-refractivity contribution in [1.29, 1.82) is 0 Å². The summed E-state index contributed by atoms with van der Waals surface area (Å²) in [5.41, 5.74) is 4.87. The molecular weight excluding hydrogens is 664 g/mol. The lowest BCUT2D eigenvalue weighted by Crippen LogP contribution is -2.15. The maximum absolute atomic E-state index is 13.5. The molecule has 1 atom stereocenters. The third kappa shape index (κ3) is 18.7. The van der Waals surface area contributed by atoms with Gasteiger partial charge in [0.15, 0.2) is 29.2 Å². The molecule has 0 radical (unpaired) electrons. The number of carbonyl (C=O) groups excluding carboxylic acids is 2. The summed E-state index contributed by atoms with van der Waals surface area (Å²) < 4.78 is 46.8. The zero-order valence-corrected chi connectivity index (χ0v) is 32.6. The summed E-state index contributed by atoms with van der Waals surface area (Å²) in [6, 6.07) is 18.5. The number of halogens is 2. The summed E-state index contributed by atoms with van der Waals surface area (Å²) >= 11 is 0. The summed E-state index contributed by atoms with van der Waals surface area (Å²) in [6.45, 7) is 21.6. The van der Waals surface area contributed by atoms with Gasteiger partial charge in [0.2, 0.25) is 0 Å². The molecule has 0 heterocycles. The van der Waals surface area contributed by atoms with Crippen molar-refractivity contribution in [3.05, 3.63) is 106 Å². The number of rotatable bonds is 17. The monoisotopic (exact) mass is 723 g/mol. The number of aryl methyl sites for hydroxylation is 1. The van der Waals surface area contributed by atoms with E-state index in [0.717, 1.165) is 36.8 Å². The van der Waals surface area contributed by atoms with Crippen LogP contribution in [0.25, 0.3) is 4.85 Å². The van der Waals surface area contributed by atoms with E-state index >= 15 is 0 Å². The first-order valence-corrected chi connectivity index (χ1v) is 18.2. The van der Waals surface area contributed by atoms with Crippen LogP contribution in [0, 0.1) is 18.2 Å². The van der Waals surface area contributed by atoms with Crippen LogP contribution in [0.1, 0.15) is 127 Å². The van der Waals surface area contributed by atoms with Gasteiger partial charge in [-0.25, -0.2) is 15.4 Å². The average molecular weight is 724 g/mol. The first-order valence-electron chi connectivity index (χ1n) is 18.2. The SMILES string of the molecule is COC(=O)CCCCCc1cccc(C(C)C)c1.COC(=O)CCCOc1cc(C(C)C)ccc1F.[C-]#[N+]CC(C)Oc1cc(C(C)C)ccc1F. The minimum Gasteiger partial charge on any atom is -0.490 e. The Morgan fingerprint density at radius 2 is 1.19 bits per heavy atom. The minimum absolute atomic E-state index is 0.100. The fourth-order valence-electron chi connectivity index (χ4n) is 4.83. The van der Waals surface area contributed by atoms with Gasteiger partial charge in [-0.05, 0) is 96.9 Å². The molecule has 1 unspecified atom stereocenters. The summed E-state index contributed by atoms with van der Waals surface area (Å²) in [7, 11) is 2.79. The second-order valence-electron chi connectivity index (χ2n) is 13.5. The van der Waals surface area contributed by atoms with Crippen molar-refractivity contribution in [2.45, 2.75) is 117 Å². The highest BCUT2D eigenvalue weighted by atomic mass is 19.1. The molecule has 3 aromatic carbocycles. The van der Waals surface area contributed by atoms with Crippen molar-refractivity contribution in [1.82, 2.24) is 0 Å². The smallest absolute Gasteiger partial charge is 0.305 e. The fourth-order valence-corrected chi connectivity index (χ4v) is 4.83. The molecule has 3 rings (SSSR count). The summed E-state index contributed by atoms with van der Waals surface area (Å²) in [5.74, 6) is 0.588. The third-order valence-electron chi connectivity index (χ3n) is 8.12. The second kappa shape index (κ2) is 25.5. The van der Waals surface area contributed by atoms with Crippen molar-refractivity contribution >= 4 is 11.9 Å². The molecule has 0 amide bonds. The first-order chi connectivity index (χ1) is 24.7. The predicted octanol–water partition coefficient (Wildman–Crippen LogP) is 11.0. The van der Waals surface area contributed by atoms with Crippen LogP contribution in [-0.4, -0.2) is 45.4 Å². The molecule has 0 aromatic heterocycles. The van der Waals surface area contributed by atoms with Gasteiger partial charge in [0.05, 0.1) is 20.8 Å². The molecule has 9 heteroatoms. The van der Waals surface area contributed by atoms with Gasteiger partial charge in [0.25, 0.3) is 6.54 Å². The Labute approximate surface area is 310 Å². The lowest BCUT2D eigenvalue weighted by atomic mass is 9.98. The van der Waals surface area contributed by atoms with Crippen LogP contribution in [0.4, 0.5) is 8.78 Å². The molecule has 0 N–H and O–H groups in total. The quantitative estimate of drug-likeness (QED) is 0.0784. The first kappa shape index (κ1) is 45.6. The lowest BCUT2D eigenvalue weighted by molar-refractivity contribution is -0.141. The van der Waals surface area contributed by atoms with Crippen molar-refractivity contribution in [2.75, 3.05) is 27.4 Å². The molecule has 0 saturated heterocycles. The van der Waals surface area contributed by atoms with Crippen molar-refractivity contribution in [3.63, 3.8) is 0 Å². The summed E-state index contributed by atoms with van der Waals surface area (Å²) in [4.78, 5) is 25.0. The number of unbranched alkanes of at least 4 members (excludes halogenated alkanes) is 2. The van der Waals surface area contributed by atoms with E-state index in [1.54, 1.807) is 31.2 Å². The highest BCUT2D eigenvalue weighted by molar-refractivity contribution is 5.69.